The second-order valence-corrected chi connectivity index (χ2v) is 6.64. The van der Waals surface area contributed by atoms with E-state index in [4.69, 9.17) is 27.9 Å². The van der Waals surface area contributed by atoms with Gasteiger partial charge < -0.3 is 9.64 Å². The summed E-state index contributed by atoms with van der Waals surface area (Å²) in [6.45, 7) is 2.05. The van der Waals surface area contributed by atoms with Crippen LogP contribution in [0.1, 0.15) is 18.4 Å². The van der Waals surface area contributed by atoms with Crippen molar-refractivity contribution in [3.8, 4) is 0 Å². The Hall–Kier alpha value is -1.56. The highest BCUT2D eigenvalue weighted by Crippen LogP contribution is 2.37. The number of nitrogens with zero attached hydrogens (tertiary/aromatic N) is 2. The molecule has 0 aliphatic carbocycles. The molecule has 0 N–H and O–H groups in total. The SMILES string of the molecule is COCCN1C(=O)C(c2ccc(Cl)cc2Cl)=C(N2CCCC2)C1=O. The van der Waals surface area contributed by atoms with Crippen molar-refractivity contribution in [2.75, 3.05) is 33.4 Å². The van der Waals surface area contributed by atoms with Gasteiger partial charge in [-0.25, -0.2) is 0 Å². The molecule has 1 aromatic carbocycles. The van der Waals surface area contributed by atoms with Gasteiger partial charge in [0.2, 0.25) is 0 Å². The summed E-state index contributed by atoms with van der Waals surface area (Å²) >= 11 is 12.3. The molecule has 0 spiro atoms. The monoisotopic (exact) mass is 368 g/mol. The summed E-state index contributed by atoms with van der Waals surface area (Å²) in [5.41, 5.74) is 1.35. The Morgan fingerprint density at radius 2 is 1.83 bits per heavy atom. The van der Waals surface area contributed by atoms with Gasteiger partial charge in [0, 0.05) is 30.8 Å². The standard InChI is InChI=1S/C17H18Cl2N2O3/c1-24-9-8-21-16(22)14(12-5-4-11(18)10-13(12)19)15(17(21)23)20-6-2-3-7-20/h4-5,10H,2-3,6-9H2,1H3. The zero-order chi connectivity index (χ0) is 17.3. The van der Waals surface area contributed by atoms with Crippen molar-refractivity contribution in [3.63, 3.8) is 0 Å². The van der Waals surface area contributed by atoms with Gasteiger partial charge in [-0.15, -0.1) is 0 Å². The zero-order valence-corrected chi connectivity index (χ0v) is 14.9. The van der Waals surface area contributed by atoms with E-state index in [-0.39, 0.29) is 18.4 Å². The molecule has 2 heterocycles. The van der Waals surface area contributed by atoms with Gasteiger partial charge in [0.15, 0.2) is 0 Å². The van der Waals surface area contributed by atoms with Gasteiger partial charge >= 0.3 is 0 Å². The van der Waals surface area contributed by atoms with E-state index < -0.39 is 0 Å². The maximum Gasteiger partial charge on any atom is 0.277 e. The highest BCUT2D eigenvalue weighted by Gasteiger charge is 2.42. The Labute approximate surface area is 150 Å². The highest BCUT2D eigenvalue weighted by molar-refractivity contribution is 6.41. The second kappa shape index (κ2) is 7.13. The molecular formula is C17H18Cl2N2O3. The van der Waals surface area contributed by atoms with Crippen molar-refractivity contribution in [2.24, 2.45) is 0 Å². The van der Waals surface area contributed by atoms with Gasteiger partial charge in [-0.05, 0) is 25.0 Å². The summed E-state index contributed by atoms with van der Waals surface area (Å²) in [7, 11) is 1.54. The number of benzene rings is 1. The Bertz CT molecular complexity index is 712. The first-order chi connectivity index (χ1) is 11.5. The molecule has 5 nitrogen and oxygen atoms in total. The predicted octanol–water partition coefficient (Wildman–Crippen LogP) is 2.82. The van der Waals surface area contributed by atoms with Crippen LogP contribution in [0.5, 0.6) is 0 Å². The van der Waals surface area contributed by atoms with Crippen LogP contribution >= 0.6 is 23.2 Å². The molecule has 2 aliphatic rings. The van der Waals surface area contributed by atoms with Crippen LogP contribution in [0.2, 0.25) is 10.0 Å². The molecule has 2 amide bonds. The molecule has 0 radical (unpaired) electrons. The molecule has 3 rings (SSSR count). The first kappa shape index (κ1) is 17.3. The molecular weight excluding hydrogens is 351 g/mol. The normalized spacial score (nSPS) is 18.3. The van der Waals surface area contributed by atoms with Crippen LogP contribution < -0.4 is 0 Å². The van der Waals surface area contributed by atoms with E-state index in [1.54, 1.807) is 18.2 Å². The van der Waals surface area contributed by atoms with Gasteiger partial charge in [0.05, 0.1) is 23.7 Å². The summed E-state index contributed by atoms with van der Waals surface area (Å²) in [4.78, 5) is 29.0. The van der Waals surface area contributed by atoms with Crippen molar-refractivity contribution in [1.29, 1.82) is 0 Å². The van der Waals surface area contributed by atoms with E-state index in [0.29, 0.717) is 33.5 Å². The van der Waals surface area contributed by atoms with Gasteiger partial charge in [-0.3, -0.25) is 14.5 Å². The van der Waals surface area contributed by atoms with Gasteiger partial charge in [-0.2, -0.15) is 0 Å². The molecule has 128 valence electrons. The predicted molar refractivity (Wildman–Crippen MR) is 92.8 cm³/mol. The van der Waals surface area contributed by atoms with Gasteiger partial charge in [0.25, 0.3) is 11.8 Å². The summed E-state index contributed by atoms with van der Waals surface area (Å²) in [6.07, 6.45) is 2.01. The fourth-order valence-corrected chi connectivity index (χ4v) is 3.62. The molecule has 7 heteroatoms. The number of halogens is 2. The van der Waals surface area contributed by atoms with E-state index in [1.807, 2.05) is 4.90 Å². The molecule has 2 aliphatic heterocycles. The smallest absolute Gasteiger partial charge is 0.277 e. The molecule has 0 saturated carbocycles. The fourth-order valence-electron chi connectivity index (χ4n) is 3.12. The number of hydrogen-bond donors (Lipinski definition) is 0. The molecule has 0 aromatic heterocycles. The summed E-state index contributed by atoms with van der Waals surface area (Å²) in [5, 5.41) is 0.851. The quantitative estimate of drug-likeness (QED) is 0.749. The largest absolute Gasteiger partial charge is 0.383 e. The summed E-state index contributed by atoms with van der Waals surface area (Å²) in [6, 6.07) is 4.95. The number of methoxy groups -OCH3 is 1. The van der Waals surface area contributed by atoms with Crippen molar-refractivity contribution < 1.29 is 14.3 Å². The number of amides is 2. The van der Waals surface area contributed by atoms with Crippen molar-refractivity contribution in [3.05, 3.63) is 39.5 Å². The van der Waals surface area contributed by atoms with E-state index in [2.05, 4.69) is 0 Å². The van der Waals surface area contributed by atoms with Crippen molar-refractivity contribution >= 4 is 40.6 Å². The summed E-state index contributed by atoms with van der Waals surface area (Å²) < 4.78 is 5.02. The average Bonchev–Trinajstić information content (AvgIpc) is 3.14. The van der Waals surface area contributed by atoms with Crippen LogP contribution in [-0.2, 0) is 14.3 Å². The third-order valence-electron chi connectivity index (χ3n) is 4.29. The van der Waals surface area contributed by atoms with Crippen LogP contribution in [0, 0.1) is 0 Å². The maximum atomic E-state index is 12.9. The Balaban J connectivity index is 2.08. The molecule has 1 aromatic rings. The number of ether oxygens (including phenoxy) is 1. The topological polar surface area (TPSA) is 49.9 Å². The number of likely N-dealkylation sites (tertiary alicyclic amines) is 1. The van der Waals surface area contributed by atoms with Crippen LogP contribution in [0.3, 0.4) is 0 Å². The second-order valence-electron chi connectivity index (χ2n) is 5.80. The molecule has 1 fully saturated rings. The van der Waals surface area contributed by atoms with Crippen LogP contribution in [0.25, 0.3) is 5.57 Å². The first-order valence-electron chi connectivity index (χ1n) is 7.84. The minimum Gasteiger partial charge on any atom is -0.383 e. The van der Waals surface area contributed by atoms with E-state index in [0.717, 1.165) is 25.9 Å². The van der Waals surface area contributed by atoms with E-state index in [9.17, 15) is 9.59 Å². The highest BCUT2D eigenvalue weighted by atomic mass is 35.5. The Kier molecular flexibility index (Phi) is 5.13. The average molecular weight is 369 g/mol. The number of carbonyl (C=O) groups excluding carboxylic acids is 2. The Morgan fingerprint density at radius 3 is 2.46 bits per heavy atom. The number of rotatable bonds is 5. The molecule has 0 bridgehead atoms. The van der Waals surface area contributed by atoms with Crippen LogP contribution in [-0.4, -0.2) is 55.0 Å². The minimum atomic E-state index is -0.330. The lowest BCUT2D eigenvalue weighted by Crippen LogP contribution is -2.36. The Morgan fingerprint density at radius 1 is 1.12 bits per heavy atom. The van der Waals surface area contributed by atoms with Crippen LogP contribution in [0.15, 0.2) is 23.9 Å². The molecule has 0 unspecified atom stereocenters. The molecule has 24 heavy (non-hydrogen) atoms. The van der Waals surface area contributed by atoms with Gasteiger partial charge in [0.1, 0.15) is 5.70 Å². The van der Waals surface area contributed by atoms with Gasteiger partial charge in [-0.1, -0.05) is 29.3 Å². The number of hydrogen-bond acceptors (Lipinski definition) is 4. The zero-order valence-electron chi connectivity index (χ0n) is 13.3. The third kappa shape index (κ3) is 3.04. The fraction of sp³-hybridized carbons (Fsp3) is 0.412. The number of imide groups is 1. The van der Waals surface area contributed by atoms with E-state index >= 15 is 0 Å². The van der Waals surface area contributed by atoms with E-state index in [1.165, 1.54) is 12.0 Å². The third-order valence-corrected chi connectivity index (χ3v) is 4.83. The molecule has 0 atom stereocenters. The number of carbonyl (C=O) groups is 2. The minimum absolute atomic E-state index is 0.222. The maximum absolute atomic E-state index is 12.9. The lowest BCUT2D eigenvalue weighted by atomic mass is 10.0. The molecule has 1 saturated heterocycles. The lowest BCUT2D eigenvalue weighted by molar-refractivity contribution is -0.138. The lowest BCUT2D eigenvalue weighted by Gasteiger charge is -2.20. The van der Waals surface area contributed by atoms with Crippen molar-refractivity contribution in [2.45, 2.75) is 12.8 Å². The first-order valence-corrected chi connectivity index (χ1v) is 8.60. The van der Waals surface area contributed by atoms with Crippen molar-refractivity contribution in [1.82, 2.24) is 9.80 Å². The summed E-state index contributed by atoms with van der Waals surface area (Å²) in [5.74, 6) is -0.608. The van der Waals surface area contributed by atoms with Crippen LogP contribution in [0.4, 0.5) is 0 Å².